The van der Waals surface area contributed by atoms with Gasteiger partial charge < -0.3 is 9.88 Å². The van der Waals surface area contributed by atoms with Gasteiger partial charge in [0.25, 0.3) is 0 Å². The van der Waals surface area contributed by atoms with Crippen molar-refractivity contribution in [1.82, 2.24) is 25.4 Å². The summed E-state index contributed by atoms with van der Waals surface area (Å²) in [7, 11) is 0. The first-order valence-electron chi connectivity index (χ1n) is 8.64. The summed E-state index contributed by atoms with van der Waals surface area (Å²) in [6.07, 6.45) is 0.924. The van der Waals surface area contributed by atoms with Gasteiger partial charge in [0.15, 0.2) is 11.0 Å². The molecule has 0 unspecified atom stereocenters. The predicted octanol–water partition coefficient (Wildman–Crippen LogP) is 2.99. The molecule has 0 aliphatic heterocycles. The zero-order valence-corrected chi connectivity index (χ0v) is 16.4. The number of nitrogens with one attached hydrogen (secondary N) is 2. The van der Waals surface area contributed by atoms with Gasteiger partial charge in [-0.15, -0.1) is 10.2 Å². The van der Waals surface area contributed by atoms with Crippen molar-refractivity contribution in [2.24, 2.45) is 0 Å². The first kappa shape index (κ1) is 20.0. The Morgan fingerprint density at radius 3 is 2.69 bits per heavy atom. The second-order valence-electron chi connectivity index (χ2n) is 6.29. The van der Waals surface area contributed by atoms with Gasteiger partial charge in [-0.1, -0.05) is 42.4 Å². The quantitative estimate of drug-likeness (QED) is 0.726. The van der Waals surface area contributed by atoms with Gasteiger partial charge in [-0.2, -0.15) is 0 Å². The first-order valence-corrected chi connectivity index (χ1v) is 9.62. The number of carbonyl (C=O) groups excluding carboxylic acids is 2. The van der Waals surface area contributed by atoms with Crippen LogP contribution in [0.15, 0.2) is 29.4 Å². The van der Waals surface area contributed by atoms with Crippen LogP contribution in [0.1, 0.15) is 32.8 Å². The summed E-state index contributed by atoms with van der Waals surface area (Å²) in [6.45, 7) is 8.54. The third-order valence-corrected chi connectivity index (χ3v) is 4.41. The van der Waals surface area contributed by atoms with Crippen LogP contribution >= 0.6 is 11.8 Å². The van der Waals surface area contributed by atoms with Gasteiger partial charge in [-0.3, -0.25) is 10.1 Å². The van der Waals surface area contributed by atoms with Crippen molar-refractivity contribution in [3.05, 3.63) is 29.8 Å². The van der Waals surface area contributed by atoms with Crippen molar-refractivity contribution in [3.63, 3.8) is 0 Å². The first-order chi connectivity index (χ1) is 12.4. The molecule has 0 atom stereocenters. The number of benzene rings is 1. The van der Waals surface area contributed by atoms with Crippen LogP contribution in [0.2, 0.25) is 0 Å². The van der Waals surface area contributed by atoms with E-state index in [1.54, 1.807) is 0 Å². The van der Waals surface area contributed by atoms with E-state index in [1.807, 2.05) is 43.5 Å². The van der Waals surface area contributed by atoms with Gasteiger partial charge in [-0.25, -0.2) is 4.79 Å². The predicted molar refractivity (Wildman–Crippen MR) is 103 cm³/mol. The van der Waals surface area contributed by atoms with Crippen LogP contribution in [0, 0.1) is 6.92 Å². The van der Waals surface area contributed by atoms with E-state index in [2.05, 4.69) is 33.8 Å². The third kappa shape index (κ3) is 5.59. The lowest BCUT2D eigenvalue weighted by molar-refractivity contribution is -0.117. The number of amides is 3. The van der Waals surface area contributed by atoms with Crippen molar-refractivity contribution >= 4 is 23.7 Å². The van der Waals surface area contributed by atoms with Crippen molar-refractivity contribution in [3.8, 4) is 11.4 Å². The van der Waals surface area contributed by atoms with Gasteiger partial charge >= 0.3 is 6.03 Å². The van der Waals surface area contributed by atoms with Gasteiger partial charge in [0, 0.05) is 18.2 Å². The van der Waals surface area contributed by atoms with E-state index in [-0.39, 0.29) is 17.7 Å². The maximum Gasteiger partial charge on any atom is 0.321 e. The molecule has 2 rings (SSSR count). The summed E-state index contributed by atoms with van der Waals surface area (Å²) in [6, 6.07) is 7.57. The van der Waals surface area contributed by atoms with Crippen molar-refractivity contribution < 1.29 is 9.59 Å². The Hall–Kier alpha value is -2.35. The average Bonchev–Trinajstić information content (AvgIpc) is 2.95. The molecular weight excluding hydrogens is 350 g/mol. The Bertz CT molecular complexity index is 773. The zero-order chi connectivity index (χ0) is 19.1. The largest absolute Gasteiger partial charge is 0.336 e. The maximum atomic E-state index is 11.9. The summed E-state index contributed by atoms with van der Waals surface area (Å²) in [4.78, 5) is 23.5. The Morgan fingerprint density at radius 2 is 2.04 bits per heavy atom. The minimum absolute atomic E-state index is 0.0278. The third-order valence-electron chi connectivity index (χ3n) is 3.45. The highest BCUT2D eigenvalue weighted by molar-refractivity contribution is 7.99. The summed E-state index contributed by atoms with van der Waals surface area (Å²) in [5, 5.41) is 14.1. The number of aryl methyl sites for hydroxylation is 1. The van der Waals surface area contributed by atoms with E-state index in [4.69, 9.17) is 0 Å². The normalized spacial score (nSPS) is 10.8. The number of hydrogen-bond acceptors (Lipinski definition) is 5. The molecule has 1 aromatic heterocycles. The number of urea groups is 1. The molecule has 1 heterocycles. The minimum Gasteiger partial charge on any atom is -0.336 e. The molecule has 26 heavy (non-hydrogen) atoms. The lowest BCUT2D eigenvalue weighted by Crippen LogP contribution is -2.43. The molecule has 3 amide bonds. The SMILES string of the molecule is CCCn1c(SCC(=O)NC(=O)NC(C)C)nnc1-c1cccc(C)c1. The van der Waals surface area contributed by atoms with E-state index < -0.39 is 6.03 Å². The molecule has 8 heteroatoms. The number of rotatable bonds is 7. The molecular formula is C18H25N5O2S. The molecule has 140 valence electrons. The number of thioether (sulfide) groups is 1. The highest BCUT2D eigenvalue weighted by atomic mass is 32.2. The minimum atomic E-state index is -0.485. The van der Waals surface area contributed by atoms with E-state index in [1.165, 1.54) is 11.8 Å². The molecule has 0 aliphatic rings. The van der Waals surface area contributed by atoms with E-state index in [9.17, 15) is 9.59 Å². The lowest BCUT2D eigenvalue weighted by atomic mass is 10.1. The van der Waals surface area contributed by atoms with Gasteiger partial charge in [0.05, 0.1) is 5.75 Å². The van der Waals surface area contributed by atoms with E-state index >= 15 is 0 Å². The fraction of sp³-hybridized carbons (Fsp3) is 0.444. The highest BCUT2D eigenvalue weighted by Gasteiger charge is 2.16. The zero-order valence-electron chi connectivity index (χ0n) is 15.6. The second-order valence-corrected chi connectivity index (χ2v) is 7.23. The van der Waals surface area contributed by atoms with E-state index in [0.29, 0.717) is 5.16 Å². The van der Waals surface area contributed by atoms with Crippen LogP contribution < -0.4 is 10.6 Å². The number of hydrogen-bond donors (Lipinski definition) is 2. The van der Waals surface area contributed by atoms with Crippen molar-refractivity contribution in [2.75, 3.05) is 5.75 Å². The molecule has 0 spiro atoms. The summed E-state index contributed by atoms with van der Waals surface area (Å²) in [5.41, 5.74) is 2.15. The molecule has 0 radical (unpaired) electrons. The van der Waals surface area contributed by atoms with Gasteiger partial charge in [0.1, 0.15) is 0 Å². The molecule has 7 nitrogen and oxygen atoms in total. The summed E-state index contributed by atoms with van der Waals surface area (Å²) < 4.78 is 2.01. The molecule has 0 bridgehead atoms. The van der Waals surface area contributed by atoms with Crippen LogP contribution in [0.4, 0.5) is 4.79 Å². The highest BCUT2D eigenvalue weighted by Crippen LogP contribution is 2.24. The lowest BCUT2D eigenvalue weighted by Gasteiger charge is -2.10. The van der Waals surface area contributed by atoms with E-state index in [0.717, 1.165) is 29.9 Å². The van der Waals surface area contributed by atoms with Crippen LogP contribution in [0.5, 0.6) is 0 Å². The Balaban J connectivity index is 2.08. The fourth-order valence-corrected chi connectivity index (χ4v) is 3.17. The maximum absolute atomic E-state index is 11.9. The summed E-state index contributed by atoms with van der Waals surface area (Å²) in [5.74, 6) is 0.522. The molecule has 0 saturated heterocycles. The number of nitrogens with zero attached hydrogens (tertiary/aromatic N) is 3. The fourth-order valence-electron chi connectivity index (χ4n) is 2.41. The molecule has 2 N–H and O–H groups in total. The standard InChI is InChI=1S/C18H25N5O2S/c1-5-9-23-16(14-8-6-7-13(4)10-14)21-22-18(23)26-11-15(24)20-17(25)19-12(2)3/h6-8,10,12H,5,9,11H2,1-4H3,(H2,19,20,24,25). The molecule has 0 saturated carbocycles. The second kappa shape index (κ2) is 9.38. The van der Waals surface area contributed by atoms with Crippen LogP contribution in [0.25, 0.3) is 11.4 Å². The molecule has 0 aliphatic carbocycles. The van der Waals surface area contributed by atoms with Gasteiger partial charge in [0.2, 0.25) is 5.91 Å². The number of carbonyl (C=O) groups is 2. The van der Waals surface area contributed by atoms with Crippen molar-refractivity contribution in [1.29, 1.82) is 0 Å². The monoisotopic (exact) mass is 375 g/mol. The van der Waals surface area contributed by atoms with Crippen molar-refractivity contribution in [2.45, 2.75) is 51.9 Å². The summed E-state index contributed by atoms with van der Waals surface area (Å²) >= 11 is 1.27. The Labute approximate surface area is 158 Å². The Kier molecular flexibility index (Phi) is 7.20. The van der Waals surface area contributed by atoms with Crippen LogP contribution in [-0.2, 0) is 11.3 Å². The molecule has 1 aromatic carbocycles. The molecule has 0 fully saturated rings. The number of aromatic nitrogens is 3. The topological polar surface area (TPSA) is 88.9 Å². The smallest absolute Gasteiger partial charge is 0.321 e. The average molecular weight is 375 g/mol. The van der Waals surface area contributed by atoms with Crippen LogP contribution in [-0.4, -0.2) is 38.5 Å². The van der Waals surface area contributed by atoms with Crippen LogP contribution in [0.3, 0.4) is 0 Å². The number of imide groups is 1. The molecule has 2 aromatic rings. The van der Waals surface area contributed by atoms with Gasteiger partial charge in [-0.05, 0) is 33.3 Å². The Morgan fingerprint density at radius 1 is 1.27 bits per heavy atom.